The Labute approximate surface area is 142 Å². The number of hydrogen-bond donors (Lipinski definition) is 0. The zero-order valence-electron chi connectivity index (χ0n) is 14.4. The van der Waals surface area contributed by atoms with E-state index in [-0.39, 0.29) is 5.91 Å². The summed E-state index contributed by atoms with van der Waals surface area (Å²) in [5.41, 5.74) is 2.27. The molecule has 1 amide bonds. The molecule has 0 atom stereocenters. The van der Waals surface area contributed by atoms with Gasteiger partial charge in [0.2, 0.25) is 17.6 Å². The van der Waals surface area contributed by atoms with Crippen molar-refractivity contribution in [3.8, 4) is 11.4 Å². The summed E-state index contributed by atoms with van der Waals surface area (Å²) >= 11 is 0. The first-order valence-corrected chi connectivity index (χ1v) is 8.55. The van der Waals surface area contributed by atoms with Crippen LogP contribution in [0.4, 0.5) is 0 Å². The molecule has 1 aliphatic heterocycles. The van der Waals surface area contributed by atoms with Gasteiger partial charge in [-0.1, -0.05) is 36.3 Å². The average Bonchev–Trinajstić information content (AvgIpc) is 2.92. The molecular weight excluding hydrogens is 304 g/mol. The minimum absolute atomic E-state index is 0.146. The maximum atomic E-state index is 11.5. The van der Waals surface area contributed by atoms with Crippen molar-refractivity contribution in [2.75, 3.05) is 26.2 Å². The molecule has 6 heteroatoms. The lowest BCUT2D eigenvalue weighted by molar-refractivity contribution is -0.128. The molecule has 0 radical (unpaired) electrons. The molecule has 0 spiro atoms. The lowest BCUT2D eigenvalue weighted by atomic mass is 10.1. The van der Waals surface area contributed by atoms with Crippen LogP contribution < -0.4 is 0 Å². The standard InChI is InChI=1S/C18H24N4O2/c1-3-15-5-7-16(8-6-15)18-19-17(24-20-18)13-21-9-4-10-22(12-11-21)14(2)23/h5-8H,3-4,9-13H2,1-2H3. The Hall–Kier alpha value is -2.21. The van der Waals surface area contributed by atoms with Crippen LogP contribution in [0.25, 0.3) is 11.4 Å². The van der Waals surface area contributed by atoms with E-state index in [1.807, 2.05) is 17.0 Å². The first-order valence-electron chi connectivity index (χ1n) is 8.55. The van der Waals surface area contributed by atoms with Gasteiger partial charge in [-0.25, -0.2) is 0 Å². The molecular formula is C18H24N4O2. The molecule has 6 nitrogen and oxygen atoms in total. The second kappa shape index (κ2) is 7.57. The van der Waals surface area contributed by atoms with Crippen molar-refractivity contribution in [3.63, 3.8) is 0 Å². The highest BCUT2D eigenvalue weighted by Crippen LogP contribution is 2.18. The van der Waals surface area contributed by atoms with Crippen LogP contribution in [0.2, 0.25) is 0 Å². The molecule has 3 rings (SSSR count). The quantitative estimate of drug-likeness (QED) is 0.862. The Balaban J connectivity index is 1.62. The van der Waals surface area contributed by atoms with Gasteiger partial charge in [0.1, 0.15) is 0 Å². The molecule has 2 heterocycles. The van der Waals surface area contributed by atoms with E-state index in [0.29, 0.717) is 18.3 Å². The first kappa shape index (κ1) is 16.6. The number of nitrogens with zero attached hydrogens (tertiary/aromatic N) is 4. The van der Waals surface area contributed by atoms with E-state index < -0.39 is 0 Å². The lowest BCUT2D eigenvalue weighted by Gasteiger charge is -2.19. The molecule has 1 saturated heterocycles. The molecule has 0 bridgehead atoms. The summed E-state index contributed by atoms with van der Waals surface area (Å²) in [4.78, 5) is 20.2. The van der Waals surface area contributed by atoms with Crippen LogP contribution in [-0.2, 0) is 17.8 Å². The summed E-state index contributed by atoms with van der Waals surface area (Å²) in [5, 5.41) is 4.10. The second-order valence-electron chi connectivity index (χ2n) is 6.20. The minimum Gasteiger partial charge on any atom is -0.342 e. The Morgan fingerprint density at radius 3 is 2.67 bits per heavy atom. The third-order valence-corrected chi connectivity index (χ3v) is 4.48. The fraction of sp³-hybridized carbons (Fsp3) is 0.500. The maximum absolute atomic E-state index is 11.5. The van der Waals surface area contributed by atoms with Crippen LogP contribution in [0.15, 0.2) is 28.8 Å². The largest absolute Gasteiger partial charge is 0.342 e. The second-order valence-corrected chi connectivity index (χ2v) is 6.20. The van der Waals surface area contributed by atoms with Crippen LogP contribution in [0.3, 0.4) is 0 Å². The van der Waals surface area contributed by atoms with Gasteiger partial charge in [-0.05, 0) is 18.4 Å². The number of aromatic nitrogens is 2. The topological polar surface area (TPSA) is 62.5 Å². The van der Waals surface area contributed by atoms with Gasteiger partial charge < -0.3 is 9.42 Å². The molecule has 0 N–H and O–H groups in total. The summed E-state index contributed by atoms with van der Waals surface area (Å²) in [6.07, 6.45) is 1.99. The number of amides is 1. The van der Waals surface area contributed by atoms with Gasteiger partial charge in [0.15, 0.2) is 0 Å². The van der Waals surface area contributed by atoms with E-state index in [4.69, 9.17) is 4.52 Å². The number of aryl methyl sites for hydroxylation is 1. The van der Waals surface area contributed by atoms with Gasteiger partial charge in [-0.2, -0.15) is 4.98 Å². The first-order chi connectivity index (χ1) is 11.7. The van der Waals surface area contributed by atoms with Crippen LogP contribution in [0.5, 0.6) is 0 Å². The average molecular weight is 328 g/mol. The van der Waals surface area contributed by atoms with Crippen LogP contribution in [0.1, 0.15) is 31.7 Å². The minimum atomic E-state index is 0.146. The summed E-state index contributed by atoms with van der Waals surface area (Å²) in [7, 11) is 0. The normalized spacial score (nSPS) is 16.2. The SMILES string of the molecule is CCc1ccc(-c2noc(CN3CCCN(C(C)=O)CC3)n2)cc1. The zero-order chi connectivity index (χ0) is 16.9. The Kier molecular flexibility index (Phi) is 5.25. The van der Waals surface area contributed by atoms with Crippen molar-refractivity contribution in [3.05, 3.63) is 35.7 Å². The summed E-state index contributed by atoms with van der Waals surface area (Å²) in [6, 6.07) is 8.25. The van der Waals surface area contributed by atoms with Crippen LogP contribution >= 0.6 is 0 Å². The molecule has 1 aromatic carbocycles. The maximum Gasteiger partial charge on any atom is 0.241 e. The van der Waals surface area contributed by atoms with Gasteiger partial charge in [0, 0.05) is 38.7 Å². The lowest BCUT2D eigenvalue weighted by Crippen LogP contribution is -2.33. The predicted octanol–water partition coefficient (Wildman–Crippen LogP) is 2.35. The van der Waals surface area contributed by atoms with Gasteiger partial charge in [-0.3, -0.25) is 9.69 Å². The molecule has 2 aromatic rings. The molecule has 0 aliphatic carbocycles. The van der Waals surface area contributed by atoms with Gasteiger partial charge in [0.05, 0.1) is 6.54 Å². The smallest absolute Gasteiger partial charge is 0.241 e. The molecule has 0 saturated carbocycles. The van der Waals surface area contributed by atoms with Crippen molar-refractivity contribution in [2.24, 2.45) is 0 Å². The van der Waals surface area contributed by atoms with E-state index in [9.17, 15) is 4.79 Å². The molecule has 24 heavy (non-hydrogen) atoms. The highest BCUT2D eigenvalue weighted by molar-refractivity contribution is 5.73. The number of carbonyl (C=O) groups is 1. The van der Waals surface area contributed by atoms with E-state index in [1.165, 1.54) is 5.56 Å². The molecule has 1 aromatic heterocycles. The van der Waals surface area contributed by atoms with Crippen molar-refractivity contribution in [1.29, 1.82) is 0 Å². The third kappa shape index (κ3) is 4.00. The summed E-state index contributed by atoms with van der Waals surface area (Å²) in [6.45, 7) is 7.75. The Bertz CT molecular complexity index is 681. The number of carbonyl (C=O) groups excluding carboxylic acids is 1. The monoisotopic (exact) mass is 328 g/mol. The van der Waals surface area contributed by atoms with Crippen molar-refractivity contribution >= 4 is 5.91 Å². The number of benzene rings is 1. The zero-order valence-corrected chi connectivity index (χ0v) is 14.4. The van der Waals surface area contributed by atoms with Crippen molar-refractivity contribution in [2.45, 2.75) is 33.2 Å². The predicted molar refractivity (Wildman–Crippen MR) is 91.3 cm³/mol. The molecule has 0 unspecified atom stereocenters. The molecule has 1 aliphatic rings. The third-order valence-electron chi connectivity index (χ3n) is 4.48. The molecule has 128 valence electrons. The molecule has 1 fully saturated rings. The fourth-order valence-electron chi connectivity index (χ4n) is 2.96. The van der Waals surface area contributed by atoms with Gasteiger partial charge >= 0.3 is 0 Å². The highest BCUT2D eigenvalue weighted by atomic mass is 16.5. The Morgan fingerprint density at radius 1 is 1.17 bits per heavy atom. The fourth-order valence-corrected chi connectivity index (χ4v) is 2.96. The van der Waals surface area contributed by atoms with Crippen molar-refractivity contribution in [1.82, 2.24) is 19.9 Å². The van der Waals surface area contributed by atoms with Crippen LogP contribution in [0, 0.1) is 0 Å². The van der Waals surface area contributed by atoms with Crippen molar-refractivity contribution < 1.29 is 9.32 Å². The van der Waals surface area contributed by atoms with E-state index in [1.54, 1.807) is 6.92 Å². The Morgan fingerprint density at radius 2 is 1.96 bits per heavy atom. The van der Waals surface area contributed by atoms with E-state index in [2.05, 4.69) is 34.1 Å². The highest BCUT2D eigenvalue weighted by Gasteiger charge is 2.18. The number of rotatable bonds is 4. The summed E-state index contributed by atoms with van der Waals surface area (Å²) in [5.74, 6) is 1.40. The van der Waals surface area contributed by atoms with Gasteiger partial charge in [0.25, 0.3) is 0 Å². The van der Waals surface area contributed by atoms with Gasteiger partial charge in [-0.15, -0.1) is 0 Å². The van der Waals surface area contributed by atoms with E-state index in [0.717, 1.165) is 44.6 Å². The number of hydrogen-bond acceptors (Lipinski definition) is 5. The summed E-state index contributed by atoms with van der Waals surface area (Å²) < 4.78 is 5.41. The van der Waals surface area contributed by atoms with E-state index >= 15 is 0 Å². The van der Waals surface area contributed by atoms with Crippen LogP contribution in [-0.4, -0.2) is 52.0 Å².